The molecule has 0 aliphatic carbocycles. The Morgan fingerprint density at radius 1 is 1.18 bits per heavy atom. The van der Waals surface area contributed by atoms with Crippen LogP contribution in [0.2, 0.25) is 0 Å². The molecule has 0 amide bonds. The number of nitro benzene ring substituents is 1. The van der Waals surface area contributed by atoms with Gasteiger partial charge >= 0.3 is 11.9 Å². The second kappa shape index (κ2) is 7.81. The van der Waals surface area contributed by atoms with Crippen molar-refractivity contribution >= 4 is 17.6 Å². The molecule has 120 valence electrons. The average molecular weight is 313 g/mol. The minimum absolute atomic E-state index is 0.117. The molecule has 0 saturated heterocycles. The molecule has 0 atom stereocenters. The van der Waals surface area contributed by atoms with Crippen LogP contribution >= 0.6 is 0 Å². The Morgan fingerprint density at radius 3 is 2.27 bits per heavy atom. The number of benzene rings is 1. The zero-order valence-corrected chi connectivity index (χ0v) is 12.0. The first kappa shape index (κ1) is 17.2. The van der Waals surface area contributed by atoms with Gasteiger partial charge < -0.3 is 19.3 Å². The lowest BCUT2D eigenvalue weighted by Gasteiger charge is -2.11. The first-order valence-electron chi connectivity index (χ1n) is 6.15. The van der Waals surface area contributed by atoms with E-state index in [1.165, 1.54) is 26.4 Å². The second-order valence-electron chi connectivity index (χ2n) is 4.15. The fourth-order valence-corrected chi connectivity index (χ4v) is 1.64. The second-order valence-corrected chi connectivity index (χ2v) is 4.15. The van der Waals surface area contributed by atoms with Crippen LogP contribution in [0.1, 0.15) is 18.4 Å². The van der Waals surface area contributed by atoms with Crippen LogP contribution in [0.4, 0.5) is 5.69 Å². The molecular formula is C13H15NO8. The molecule has 1 rings (SSSR count). The highest BCUT2D eigenvalue weighted by Gasteiger charge is 2.20. The van der Waals surface area contributed by atoms with Gasteiger partial charge in [-0.1, -0.05) is 0 Å². The highest BCUT2D eigenvalue weighted by molar-refractivity contribution is 5.76. The third-order valence-corrected chi connectivity index (χ3v) is 2.71. The highest BCUT2D eigenvalue weighted by Crippen LogP contribution is 2.34. The number of esters is 1. The number of methoxy groups -OCH3 is 2. The summed E-state index contributed by atoms with van der Waals surface area (Å²) in [6.45, 7) is -0.366. The largest absolute Gasteiger partial charge is 0.493 e. The first-order valence-corrected chi connectivity index (χ1v) is 6.15. The van der Waals surface area contributed by atoms with Gasteiger partial charge in [-0.3, -0.25) is 19.7 Å². The van der Waals surface area contributed by atoms with E-state index in [9.17, 15) is 19.7 Å². The van der Waals surface area contributed by atoms with E-state index in [4.69, 9.17) is 19.3 Å². The van der Waals surface area contributed by atoms with Crippen LogP contribution < -0.4 is 9.47 Å². The van der Waals surface area contributed by atoms with E-state index in [-0.39, 0.29) is 42.2 Å². The summed E-state index contributed by atoms with van der Waals surface area (Å²) < 4.78 is 14.8. The molecule has 9 heteroatoms. The molecule has 1 aromatic rings. The Kier molecular flexibility index (Phi) is 6.11. The summed E-state index contributed by atoms with van der Waals surface area (Å²) in [6.07, 6.45) is -0.677. The van der Waals surface area contributed by atoms with Crippen molar-refractivity contribution in [1.29, 1.82) is 0 Å². The Hall–Kier alpha value is -2.84. The van der Waals surface area contributed by atoms with E-state index >= 15 is 0 Å². The standard InChI is InChI=1S/C13H15NO8/c1-20-10-5-8(7-22-13(17)4-3-12(15)16)9(14(18)19)6-11(10)21-2/h5-6H,3-4,7H2,1-2H3,(H,15,16). The summed E-state index contributed by atoms with van der Waals surface area (Å²) in [6, 6.07) is 2.50. The third kappa shape index (κ3) is 4.62. The van der Waals surface area contributed by atoms with Gasteiger partial charge in [0.15, 0.2) is 11.5 Å². The minimum Gasteiger partial charge on any atom is -0.493 e. The van der Waals surface area contributed by atoms with Crippen LogP contribution in [0.5, 0.6) is 11.5 Å². The van der Waals surface area contributed by atoms with Crippen molar-refractivity contribution < 1.29 is 33.8 Å². The number of hydrogen-bond donors (Lipinski definition) is 1. The number of nitrogens with zero attached hydrogens (tertiary/aromatic N) is 1. The zero-order valence-electron chi connectivity index (χ0n) is 12.0. The van der Waals surface area contributed by atoms with Crippen molar-refractivity contribution in [3.8, 4) is 11.5 Å². The number of carboxylic acid groups (broad SMARTS) is 1. The maximum absolute atomic E-state index is 11.4. The van der Waals surface area contributed by atoms with Crippen LogP contribution in [0, 0.1) is 10.1 Å². The number of rotatable bonds is 8. The molecule has 9 nitrogen and oxygen atoms in total. The Labute approximate surface area is 125 Å². The molecule has 0 spiro atoms. The first-order chi connectivity index (χ1) is 10.4. The minimum atomic E-state index is -1.13. The normalized spacial score (nSPS) is 9.91. The number of nitro groups is 1. The lowest BCUT2D eigenvalue weighted by atomic mass is 10.1. The lowest BCUT2D eigenvalue weighted by molar-refractivity contribution is -0.385. The van der Waals surface area contributed by atoms with Gasteiger partial charge in [-0.15, -0.1) is 0 Å². The number of carbonyl (C=O) groups excluding carboxylic acids is 1. The van der Waals surface area contributed by atoms with Gasteiger partial charge in [0, 0.05) is 0 Å². The summed E-state index contributed by atoms with van der Waals surface area (Å²) in [7, 11) is 2.71. The van der Waals surface area contributed by atoms with Crippen LogP contribution in [0.15, 0.2) is 12.1 Å². The van der Waals surface area contributed by atoms with Gasteiger partial charge in [0.25, 0.3) is 5.69 Å². The Balaban J connectivity index is 2.90. The molecule has 0 radical (unpaired) electrons. The fraction of sp³-hybridized carbons (Fsp3) is 0.385. The number of carbonyl (C=O) groups is 2. The molecule has 0 unspecified atom stereocenters. The lowest BCUT2D eigenvalue weighted by Crippen LogP contribution is -2.08. The summed E-state index contributed by atoms with van der Waals surface area (Å²) in [5.74, 6) is -1.46. The molecule has 0 saturated carbocycles. The van der Waals surface area contributed by atoms with Crippen molar-refractivity contribution in [2.24, 2.45) is 0 Å². The van der Waals surface area contributed by atoms with Gasteiger partial charge in [-0.05, 0) is 6.07 Å². The predicted molar refractivity (Wildman–Crippen MR) is 72.9 cm³/mol. The number of hydrogen-bond acceptors (Lipinski definition) is 7. The molecule has 0 fully saturated rings. The smallest absolute Gasteiger partial charge is 0.306 e. The topological polar surface area (TPSA) is 125 Å². The summed E-state index contributed by atoms with van der Waals surface area (Å²) >= 11 is 0. The van der Waals surface area contributed by atoms with Crippen LogP contribution in [0.3, 0.4) is 0 Å². The molecule has 1 N–H and O–H groups in total. The van der Waals surface area contributed by atoms with E-state index in [0.29, 0.717) is 0 Å². The maximum atomic E-state index is 11.4. The van der Waals surface area contributed by atoms with Gasteiger partial charge in [0.1, 0.15) is 6.61 Å². The predicted octanol–water partition coefficient (Wildman–Crippen LogP) is 1.52. The van der Waals surface area contributed by atoms with Crippen molar-refractivity contribution in [1.82, 2.24) is 0 Å². The highest BCUT2D eigenvalue weighted by atomic mass is 16.6. The third-order valence-electron chi connectivity index (χ3n) is 2.71. The van der Waals surface area contributed by atoms with E-state index in [0.717, 1.165) is 0 Å². The van der Waals surface area contributed by atoms with Gasteiger partial charge in [0.05, 0.1) is 43.6 Å². The van der Waals surface area contributed by atoms with Crippen molar-refractivity contribution in [2.45, 2.75) is 19.4 Å². The monoisotopic (exact) mass is 313 g/mol. The van der Waals surface area contributed by atoms with Gasteiger partial charge in [-0.25, -0.2) is 0 Å². The molecule has 1 aromatic carbocycles. The quantitative estimate of drug-likeness (QED) is 0.435. The summed E-state index contributed by atoms with van der Waals surface area (Å²) in [4.78, 5) is 32.1. The molecule has 0 aliphatic rings. The summed E-state index contributed by atoms with van der Waals surface area (Å²) in [5.41, 5.74) is -0.171. The molecule has 0 heterocycles. The summed E-state index contributed by atoms with van der Waals surface area (Å²) in [5, 5.41) is 19.5. The molecular weight excluding hydrogens is 298 g/mol. The zero-order chi connectivity index (χ0) is 16.7. The Morgan fingerprint density at radius 2 is 1.77 bits per heavy atom. The molecule has 0 aliphatic heterocycles. The number of aliphatic carboxylic acids is 1. The maximum Gasteiger partial charge on any atom is 0.306 e. The van der Waals surface area contributed by atoms with E-state index in [1.54, 1.807) is 0 Å². The fourth-order valence-electron chi connectivity index (χ4n) is 1.64. The average Bonchev–Trinajstić information content (AvgIpc) is 2.49. The number of carboxylic acids is 1. The van der Waals surface area contributed by atoms with Crippen LogP contribution in [-0.4, -0.2) is 36.2 Å². The molecule has 0 aromatic heterocycles. The number of ether oxygens (including phenoxy) is 3. The molecule has 22 heavy (non-hydrogen) atoms. The van der Waals surface area contributed by atoms with E-state index in [2.05, 4.69) is 0 Å². The Bertz CT molecular complexity index is 584. The van der Waals surface area contributed by atoms with Crippen LogP contribution in [0.25, 0.3) is 0 Å². The van der Waals surface area contributed by atoms with Gasteiger partial charge in [-0.2, -0.15) is 0 Å². The van der Waals surface area contributed by atoms with E-state index in [1.807, 2.05) is 0 Å². The van der Waals surface area contributed by atoms with E-state index < -0.39 is 16.9 Å². The van der Waals surface area contributed by atoms with Crippen molar-refractivity contribution in [3.63, 3.8) is 0 Å². The molecule has 0 bridgehead atoms. The van der Waals surface area contributed by atoms with Gasteiger partial charge in [0.2, 0.25) is 0 Å². The SMILES string of the molecule is COc1cc(COC(=O)CCC(=O)O)c([N+](=O)[O-])cc1OC. The van der Waals surface area contributed by atoms with Crippen molar-refractivity contribution in [2.75, 3.05) is 14.2 Å². The van der Waals surface area contributed by atoms with Crippen molar-refractivity contribution in [3.05, 3.63) is 27.8 Å². The van der Waals surface area contributed by atoms with Crippen LogP contribution in [-0.2, 0) is 20.9 Å².